The van der Waals surface area contributed by atoms with E-state index in [0.29, 0.717) is 0 Å². The Hall–Kier alpha value is -0.680. The maximum atomic E-state index is 4.34. The summed E-state index contributed by atoms with van der Waals surface area (Å²) < 4.78 is 3.53. The van der Waals surface area contributed by atoms with Crippen molar-refractivity contribution in [2.24, 2.45) is 0 Å². The number of aryl methyl sites for hydroxylation is 1. The van der Waals surface area contributed by atoms with Crippen LogP contribution in [-0.2, 0) is 0 Å². The molecule has 0 N–H and O–H groups in total. The summed E-state index contributed by atoms with van der Waals surface area (Å²) >= 11 is 6.77. The molecule has 0 aliphatic heterocycles. The molecule has 2 aromatic heterocycles. The fourth-order valence-corrected chi connectivity index (χ4v) is 1.87. The van der Waals surface area contributed by atoms with Crippen LogP contribution in [0, 0.1) is 6.92 Å². The summed E-state index contributed by atoms with van der Waals surface area (Å²) in [5.41, 5.74) is 1.91. The second-order valence-electron chi connectivity index (χ2n) is 2.82. The van der Waals surface area contributed by atoms with E-state index >= 15 is 0 Å². The first-order valence-corrected chi connectivity index (χ1v) is 5.60. The van der Waals surface area contributed by atoms with Crippen molar-refractivity contribution in [3.63, 3.8) is 0 Å². The highest BCUT2D eigenvalue weighted by atomic mass is 79.9. The quantitative estimate of drug-likeness (QED) is 0.757. The molecular weight excluding hydrogens is 310 g/mol. The van der Waals surface area contributed by atoms with Crippen molar-refractivity contribution in [3.8, 4) is 5.69 Å². The SMILES string of the molecule is Cc1nc(Br)c(Br)cc1-n1cccn1. The van der Waals surface area contributed by atoms with Crippen molar-refractivity contribution in [1.29, 1.82) is 0 Å². The number of rotatable bonds is 1. The van der Waals surface area contributed by atoms with Crippen molar-refractivity contribution < 1.29 is 0 Å². The second-order valence-corrected chi connectivity index (χ2v) is 4.42. The zero-order valence-corrected chi connectivity index (χ0v) is 10.6. The van der Waals surface area contributed by atoms with E-state index in [1.165, 1.54) is 0 Å². The highest BCUT2D eigenvalue weighted by Gasteiger charge is 2.06. The summed E-state index contributed by atoms with van der Waals surface area (Å²) in [6.07, 6.45) is 3.64. The molecule has 0 saturated carbocycles. The first kappa shape index (κ1) is 9.86. The predicted octanol–water partition coefficient (Wildman–Crippen LogP) is 3.10. The molecule has 0 aromatic carbocycles. The third kappa shape index (κ3) is 1.74. The number of halogens is 2. The fraction of sp³-hybridized carbons (Fsp3) is 0.111. The minimum atomic E-state index is 0.811. The smallest absolute Gasteiger partial charge is 0.120 e. The normalized spacial score (nSPS) is 10.5. The monoisotopic (exact) mass is 315 g/mol. The molecule has 0 fully saturated rings. The number of nitrogens with zero attached hydrogens (tertiary/aromatic N) is 3. The largest absolute Gasteiger partial charge is 0.243 e. The molecule has 0 atom stereocenters. The number of hydrogen-bond donors (Lipinski definition) is 0. The lowest BCUT2D eigenvalue weighted by Crippen LogP contribution is -1.99. The molecule has 0 saturated heterocycles. The van der Waals surface area contributed by atoms with Crippen LogP contribution in [0.4, 0.5) is 0 Å². The van der Waals surface area contributed by atoms with Crippen LogP contribution in [0.15, 0.2) is 33.6 Å². The fourth-order valence-electron chi connectivity index (χ4n) is 1.19. The van der Waals surface area contributed by atoms with Crippen LogP contribution in [-0.4, -0.2) is 14.8 Å². The Labute approximate surface area is 98.4 Å². The van der Waals surface area contributed by atoms with Crippen LogP contribution in [0.1, 0.15) is 5.69 Å². The van der Waals surface area contributed by atoms with Gasteiger partial charge in [0.25, 0.3) is 0 Å². The lowest BCUT2D eigenvalue weighted by Gasteiger charge is -2.06. The van der Waals surface area contributed by atoms with Gasteiger partial charge in [-0.25, -0.2) is 9.67 Å². The van der Waals surface area contributed by atoms with E-state index in [2.05, 4.69) is 41.9 Å². The summed E-state index contributed by atoms with van der Waals surface area (Å²) in [5, 5.41) is 4.16. The number of aromatic nitrogens is 3. The Morgan fingerprint density at radius 2 is 2.14 bits per heavy atom. The predicted molar refractivity (Wildman–Crippen MR) is 61.5 cm³/mol. The van der Waals surface area contributed by atoms with Gasteiger partial charge in [-0.3, -0.25) is 0 Å². The van der Waals surface area contributed by atoms with Crippen LogP contribution in [0.25, 0.3) is 5.69 Å². The standard InChI is InChI=1S/C9H7Br2N3/c1-6-8(14-4-2-3-12-14)5-7(10)9(11)13-6/h2-5H,1H3. The molecular formula is C9H7Br2N3. The Kier molecular flexibility index (Phi) is 2.69. The lowest BCUT2D eigenvalue weighted by molar-refractivity contribution is 0.858. The van der Waals surface area contributed by atoms with Gasteiger partial charge in [-0.05, 0) is 50.9 Å². The summed E-state index contributed by atoms with van der Waals surface area (Å²) in [7, 11) is 0. The molecule has 72 valence electrons. The molecule has 0 spiro atoms. The molecule has 2 rings (SSSR count). The van der Waals surface area contributed by atoms with E-state index in [4.69, 9.17) is 0 Å². The Morgan fingerprint density at radius 1 is 1.36 bits per heavy atom. The minimum absolute atomic E-state index is 0.811. The molecule has 0 aliphatic carbocycles. The van der Waals surface area contributed by atoms with Gasteiger partial charge in [0, 0.05) is 12.4 Å². The topological polar surface area (TPSA) is 30.7 Å². The molecule has 0 amide bonds. The van der Waals surface area contributed by atoms with Gasteiger partial charge in [-0.2, -0.15) is 5.10 Å². The van der Waals surface area contributed by atoms with Crippen molar-refractivity contribution >= 4 is 31.9 Å². The highest BCUT2D eigenvalue weighted by Crippen LogP contribution is 2.24. The Bertz CT molecular complexity index is 451. The van der Waals surface area contributed by atoms with E-state index in [1.54, 1.807) is 10.9 Å². The van der Waals surface area contributed by atoms with Crippen molar-refractivity contribution in [1.82, 2.24) is 14.8 Å². The highest BCUT2D eigenvalue weighted by molar-refractivity contribution is 9.13. The molecule has 0 radical (unpaired) electrons. The molecule has 0 unspecified atom stereocenters. The summed E-state index contributed by atoms with van der Waals surface area (Å²) in [4.78, 5) is 4.34. The van der Waals surface area contributed by atoms with Gasteiger partial charge in [-0.1, -0.05) is 0 Å². The van der Waals surface area contributed by atoms with Crippen LogP contribution in [0.2, 0.25) is 0 Å². The molecule has 0 bridgehead atoms. The maximum Gasteiger partial charge on any atom is 0.120 e. The van der Waals surface area contributed by atoms with Crippen molar-refractivity contribution in [2.45, 2.75) is 6.92 Å². The molecule has 5 heteroatoms. The van der Waals surface area contributed by atoms with E-state index < -0.39 is 0 Å². The molecule has 2 aromatic rings. The lowest BCUT2D eigenvalue weighted by atomic mass is 10.3. The van der Waals surface area contributed by atoms with Crippen molar-refractivity contribution in [3.05, 3.63) is 39.3 Å². The molecule has 2 heterocycles. The maximum absolute atomic E-state index is 4.34. The van der Waals surface area contributed by atoms with Crippen LogP contribution in [0.5, 0.6) is 0 Å². The van der Waals surface area contributed by atoms with Gasteiger partial charge in [-0.15, -0.1) is 0 Å². The van der Waals surface area contributed by atoms with E-state index in [9.17, 15) is 0 Å². The third-order valence-corrected chi connectivity index (χ3v) is 3.59. The van der Waals surface area contributed by atoms with Crippen LogP contribution in [0.3, 0.4) is 0 Å². The third-order valence-electron chi connectivity index (χ3n) is 1.85. The van der Waals surface area contributed by atoms with E-state index in [0.717, 1.165) is 20.5 Å². The molecule has 14 heavy (non-hydrogen) atoms. The molecule has 0 aliphatic rings. The molecule has 3 nitrogen and oxygen atoms in total. The number of pyridine rings is 1. The van der Waals surface area contributed by atoms with Gasteiger partial charge >= 0.3 is 0 Å². The summed E-state index contributed by atoms with van der Waals surface area (Å²) in [6.45, 7) is 1.95. The van der Waals surface area contributed by atoms with Crippen LogP contribution >= 0.6 is 31.9 Å². The summed E-state index contributed by atoms with van der Waals surface area (Å²) in [5.74, 6) is 0. The van der Waals surface area contributed by atoms with Crippen molar-refractivity contribution in [2.75, 3.05) is 0 Å². The van der Waals surface area contributed by atoms with E-state index in [1.807, 2.05) is 25.3 Å². The zero-order valence-electron chi connectivity index (χ0n) is 7.41. The van der Waals surface area contributed by atoms with Gasteiger partial charge in [0.2, 0.25) is 0 Å². The second kappa shape index (κ2) is 3.82. The minimum Gasteiger partial charge on any atom is -0.243 e. The summed E-state index contributed by atoms with van der Waals surface area (Å²) in [6, 6.07) is 3.87. The van der Waals surface area contributed by atoms with Gasteiger partial charge in [0.1, 0.15) is 4.60 Å². The average Bonchev–Trinajstić information content (AvgIpc) is 2.64. The zero-order chi connectivity index (χ0) is 10.1. The van der Waals surface area contributed by atoms with Gasteiger partial charge in [0.05, 0.1) is 15.9 Å². The van der Waals surface area contributed by atoms with E-state index in [-0.39, 0.29) is 0 Å². The van der Waals surface area contributed by atoms with Gasteiger partial charge in [0.15, 0.2) is 0 Å². The average molecular weight is 317 g/mol. The Morgan fingerprint density at radius 3 is 2.79 bits per heavy atom. The van der Waals surface area contributed by atoms with Gasteiger partial charge < -0.3 is 0 Å². The van der Waals surface area contributed by atoms with Crippen LogP contribution < -0.4 is 0 Å². The first-order chi connectivity index (χ1) is 6.68. The first-order valence-electron chi connectivity index (χ1n) is 4.01. The number of hydrogen-bond acceptors (Lipinski definition) is 2. The Balaban J connectivity index is 2.60.